The fourth-order valence-electron chi connectivity index (χ4n) is 3.84. The summed E-state index contributed by atoms with van der Waals surface area (Å²) in [7, 11) is 0. The highest BCUT2D eigenvalue weighted by atomic mass is 16.2. The third-order valence-electron chi connectivity index (χ3n) is 4.97. The van der Waals surface area contributed by atoms with E-state index in [9.17, 15) is 9.59 Å². The van der Waals surface area contributed by atoms with Crippen LogP contribution in [0.5, 0.6) is 0 Å². The molecule has 0 N–H and O–H groups in total. The molecule has 0 saturated carbocycles. The Balaban J connectivity index is 1.60. The van der Waals surface area contributed by atoms with Gasteiger partial charge in [0.25, 0.3) is 11.5 Å². The molecule has 4 rings (SSSR count). The Morgan fingerprint density at radius 2 is 2.00 bits per heavy atom. The SMILES string of the molecule is O=C(c1ccncc1)N1CCC[C@@H](c2cc(=O)nc3n2CCC3)C1. The van der Waals surface area contributed by atoms with Gasteiger partial charge < -0.3 is 9.47 Å². The van der Waals surface area contributed by atoms with Crippen molar-refractivity contribution in [2.75, 3.05) is 13.1 Å². The topological polar surface area (TPSA) is 68.1 Å². The molecule has 0 aromatic carbocycles. The molecule has 2 aromatic heterocycles. The van der Waals surface area contributed by atoms with Crippen molar-refractivity contribution in [1.29, 1.82) is 0 Å². The van der Waals surface area contributed by atoms with E-state index in [4.69, 9.17) is 0 Å². The molecule has 1 amide bonds. The van der Waals surface area contributed by atoms with Crippen molar-refractivity contribution in [2.24, 2.45) is 0 Å². The average molecular weight is 324 g/mol. The quantitative estimate of drug-likeness (QED) is 0.841. The maximum Gasteiger partial charge on any atom is 0.273 e. The normalized spacial score (nSPS) is 20.0. The van der Waals surface area contributed by atoms with Gasteiger partial charge in [-0.15, -0.1) is 0 Å². The maximum atomic E-state index is 12.7. The van der Waals surface area contributed by atoms with Gasteiger partial charge in [-0.25, -0.2) is 0 Å². The highest BCUT2D eigenvalue weighted by molar-refractivity contribution is 5.94. The summed E-state index contributed by atoms with van der Waals surface area (Å²) in [5.41, 5.74) is 1.56. The molecule has 1 fully saturated rings. The second-order valence-electron chi connectivity index (χ2n) is 6.52. The van der Waals surface area contributed by atoms with Crippen LogP contribution >= 0.6 is 0 Å². The van der Waals surface area contributed by atoms with E-state index in [0.717, 1.165) is 50.3 Å². The summed E-state index contributed by atoms with van der Waals surface area (Å²) in [6.45, 7) is 2.34. The molecule has 4 heterocycles. The molecule has 24 heavy (non-hydrogen) atoms. The monoisotopic (exact) mass is 324 g/mol. The summed E-state index contributed by atoms with van der Waals surface area (Å²) in [4.78, 5) is 34.6. The number of nitrogens with zero attached hydrogens (tertiary/aromatic N) is 4. The van der Waals surface area contributed by atoms with Gasteiger partial charge in [0.05, 0.1) is 0 Å². The lowest BCUT2D eigenvalue weighted by Gasteiger charge is -2.34. The van der Waals surface area contributed by atoms with Gasteiger partial charge in [-0.3, -0.25) is 14.6 Å². The highest BCUT2D eigenvalue weighted by Crippen LogP contribution is 2.29. The second-order valence-corrected chi connectivity index (χ2v) is 6.52. The van der Waals surface area contributed by atoms with E-state index in [1.807, 2.05) is 4.90 Å². The third kappa shape index (κ3) is 2.72. The zero-order chi connectivity index (χ0) is 16.5. The molecule has 124 valence electrons. The number of amides is 1. The van der Waals surface area contributed by atoms with E-state index in [1.54, 1.807) is 30.6 Å². The number of aryl methyl sites for hydroxylation is 1. The van der Waals surface area contributed by atoms with Gasteiger partial charge in [0.15, 0.2) is 0 Å². The summed E-state index contributed by atoms with van der Waals surface area (Å²) in [5, 5.41) is 0. The van der Waals surface area contributed by atoms with Gasteiger partial charge in [0.2, 0.25) is 0 Å². The number of rotatable bonds is 2. The number of hydrogen-bond acceptors (Lipinski definition) is 4. The number of likely N-dealkylation sites (tertiary alicyclic amines) is 1. The van der Waals surface area contributed by atoms with Crippen molar-refractivity contribution in [3.05, 3.63) is 58.0 Å². The number of piperidine rings is 1. The first-order valence-corrected chi connectivity index (χ1v) is 8.52. The van der Waals surface area contributed by atoms with E-state index in [-0.39, 0.29) is 17.4 Å². The Bertz CT molecular complexity index is 816. The number of carbonyl (C=O) groups is 1. The van der Waals surface area contributed by atoms with Crippen molar-refractivity contribution >= 4 is 5.91 Å². The highest BCUT2D eigenvalue weighted by Gasteiger charge is 2.28. The first-order valence-electron chi connectivity index (χ1n) is 8.52. The lowest BCUT2D eigenvalue weighted by Crippen LogP contribution is -2.40. The van der Waals surface area contributed by atoms with Crippen LogP contribution in [0.15, 0.2) is 35.4 Å². The van der Waals surface area contributed by atoms with Crippen LogP contribution in [0, 0.1) is 0 Å². The van der Waals surface area contributed by atoms with Crippen LogP contribution in [0.4, 0.5) is 0 Å². The molecular weight excluding hydrogens is 304 g/mol. The minimum absolute atomic E-state index is 0.0418. The maximum absolute atomic E-state index is 12.7. The van der Waals surface area contributed by atoms with Gasteiger partial charge in [-0.05, 0) is 31.4 Å². The number of hydrogen-bond donors (Lipinski definition) is 0. The summed E-state index contributed by atoms with van der Waals surface area (Å²) in [6, 6.07) is 5.17. The van der Waals surface area contributed by atoms with Crippen molar-refractivity contribution in [3.8, 4) is 0 Å². The van der Waals surface area contributed by atoms with Crippen LogP contribution in [0.2, 0.25) is 0 Å². The van der Waals surface area contributed by atoms with Crippen molar-refractivity contribution < 1.29 is 4.79 Å². The van der Waals surface area contributed by atoms with Crippen molar-refractivity contribution in [2.45, 2.75) is 38.1 Å². The van der Waals surface area contributed by atoms with Crippen LogP contribution in [-0.4, -0.2) is 38.4 Å². The molecule has 1 atom stereocenters. The fourth-order valence-corrected chi connectivity index (χ4v) is 3.84. The Kier molecular flexibility index (Phi) is 3.88. The van der Waals surface area contributed by atoms with Crippen LogP contribution in [0.25, 0.3) is 0 Å². The molecule has 2 aromatic rings. The first kappa shape index (κ1) is 15.1. The summed E-state index contributed by atoms with van der Waals surface area (Å²) < 4.78 is 2.19. The minimum Gasteiger partial charge on any atom is -0.338 e. The van der Waals surface area contributed by atoms with E-state index in [0.29, 0.717) is 12.1 Å². The predicted molar refractivity (Wildman–Crippen MR) is 88.9 cm³/mol. The Morgan fingerprint density at radius 1 is 1.17 bits per heavy atom. The van der Waals surface area contributed by atoms with E-state index in [1.165, 1.54) is 0 Å². The molecule has 2 aliphatic rings. The average Bonchev–Trinajstić information content (AvgIpc) is 3.09. The van der Waals surface area contributed by atoms with Gasteiger partial charge in [0.1, 0.15) is 5.82 Å². The van der Waals surface area contributed by atoms with Crippen molar-refractivity contribution in [1.82, 2.24) is 19.4 Å². The molecule has 1 saturated heterocycles. The number of aromatic nitrogens is 3. The second kappa shape index (κ2) is 6.19. The Labute approximate surface area is 140 Å². The lowest BCUT2D eigenvalue weighted by atomic mass is 9.93. The lowest BCUT2D eigenvalue weighted by molar-refractivity contribution is 0.0704. The molecule has 2 aliphatic heterocycles. The Morgan fingerprint density at radius 3 is 2.83 bits per heavy atom. The van der Waals surface area contributed by atoms with Crippen LogP contribution in [0.1, 0.15) is 47.1 Å². The molecule has 0 unspecified atom stereocenters. The minimum atomic E-state index is -0.157. The molecule has 0 aliphatic carbocycles. The molecule has 6 nitrogen and oxygen atoms in total. The molecule has 6 heteroatoms. The number of fused-ring (bicyclic) bond motifs is 1. The standard InChI is InChI=1S/C18H20N4O2/c23-17-11-15(22-10-2-4-16(22)20-17)14-3-1-9-21(12-14)18(24)13-5-7-19-8-6-13/h5-8,11,14H,1-4,9-10,12H2/t14-/m1/s1. The van der Waals surface area contributed by atoms with Crippen molar-refractivity contribution in [3.63, 3.8) is 0 Å². The summed E-state index contributed by atoms with van der Waals surface area (Å²) in [6.07, 6.45) is 7.15. The smallest absolute Gasteiger partial charge is 0.273 e. The zero-order valence-electron chi connectivity index (χ0n) is 13.5. The van der Waals surface area contributed by atoms with Gasteiger partial charge in [-0.2, -0.15) is 4.98 Å². The van der Waals surface area contributed by atoms with Crippen LogP contribution in [-0.2, 0) is 13.0 Å². The molecule has 0 bridgehead atoms. The number of pyridine rings is 1. The number of carbonyl (C=O) groups excluding carboxylic acids is 1. The van der Waals surface area contributed by atoms with E-state index >= 15 is 0 Å². The fraction of sp³-hybridized carbons (Fsp3) is 0.444. The molecule has 0 radical (unpaired) electrons. The van der Waals surface area contributed by atoms with Gasteiger partial charge in [-0.1, -0.05) is 0 Å². The van der Waals surface area contributed by atoms with E-state index in [2.05, 4.69) is 14.5 Å². The predicted octanol–water partition coefficient (Wildman–Crippen LogP) is 1.60. The van der Waals surface area contributed by atoms with Gasteiger partial charge >= 0.3 is 0 Å². The first-order chi connectivity index (χ1) is 11.7. The summed E-state index contributed by atoms with van der Waals surface area (Å²) in [5.74, 6) is 1.15. The Hall–Kier alpha value is -2.50. The third-order valence-corrected chi connectivity index (χ3v) is 4.97. The molecule has 0 spiro atoms. The van der Waals surface area contributed by atoms with Gasteiger partial charge in [0, 0.05) is 61.7 Å². The van der Waals surface area contributed by atoms with Crippen LogP contribution in [0.3, 0.4) is 0 Å². The van der Waals surface area contributed by atoms with E-state index < -0.39 is 0 Å². The molecular formula is C18H20N4O2. The zero-order valence-corrected chi connectivity index (χ0v) is 13.5. The largest absolute Gasteiger partial charge is 0.338 e. The summed E-state index contributed by atoms with van der Waals surface area (Å²) >= 11 is 0. The van der Waals surface area contributed by atoms with Crippen LogP contribution < -0.4 is 5.56 Å².